The molecule has 2 rings (SSSR count). The summed E-state index contributed by atoms with van der Waals surface area (Å²) in [5.41, 5.74) is 1.94. The molecule has 0 amide bonds. The molecule has 19 heavy (non-hydrogen) atoms. The van der Waals surface area contributed by atoms with E-state index in [-0.39, 0.29) is 4.90 Å². The molecule has 1 aromatic carbocycles. The van der Waals surface area contributed by atoms with Gasteiger partial charge in [-0.3, -0.25) is 0 Å². The molecule has 1 aliphatic rings. The van der Waals surface area contributed by atoms with Crippen molar-refractivity contribution < 1.29 is 8.42 Å². The van der Waals surface area contributed by atoms with Crippen LogP contribution in [0.1, 0.15) is 38.7 Å². The lowest BCUT2D eigenvalue weighted by atomic mass is 9.92. The van der Waals surface area contributed by atoms with Crippen molar-refractivity contribution in [3.63, 3.8) is 0 Å². The highest BCUT2D eigenvalue weighted by atomic mass is 32.2. The molecule has 5 heteroatoms. The van der Waals surface area contributed by atoms with Crippen LogP contribution < -0.4 is 10.5 Å². The van der Waals surface area contributed by atoms with Crippen molar-refractivity contribution in [2.75, 3.05) is 5.32 Å². The Morgan fingerprint density at radius 3 is 2.58 bits per heavy atom. The number of anilines is 1. The molecule has 1 aromatic rings. The molecule has 1 saturated carbocycles. The van der Waals surface area contributed by atoms with Crippen LogP contribution in [-0.4, -0.2) is 14.5 Å². The smallest absolute Gasteiger partial charge is 0.238 e. The summed E-state index contributed by atoms with van der Waals surface area (Å²) in [6.45, 7) is 6.33. The van der Waals surface area contributed by atoms with Gasteiger partial charge in [0.05, 0.1) is 4.90 Å². The van der Waals surface area contributed by atoms with Crippen molar-refractivity contribution in [3.8, 4) is 0 Å². The number of hydrogen-bond acceptors (Lipinski definition) is 3. The average Bonchev–Trinajstić information content (AvgIpc) is 2.59. The number of rotatable bonds is 3. The molecule has 1 aliphatic carbocycles. The summed E-state index contributed by atoms with van der Waals surface area (Å²) >= 11 is 0. The van der Waals surface area contributed by atoms with E-state index in [1.165, 1.54) is 6.42 Å². The molecular formula is C14H22N2O2S. The van der Waals surface area contributed by atoms with E-state index in [2.05, 4.69) is 19.2 Å². The van der Waals surface area contributed by atoms with Gasteiger partial charge in [-0.25, -0.2) is 13.6 Å². The molecule has 106 valence electrons. The minimum atomic E-state index is -3.65. The van der Waals surface area contributed by atoms with Crippen LogP contribution in [0.4, 0.5) is 5.69 Å². The van der Waals surface area contributed by atoms with E-state index in [1.54, 1.807) is 19.1 Å². The summed E-state index contributed by atoms with van der Waals surface area (Å²) in [6, 6.07) is 5.60. The summed E-state index contributed by atoms with van der Waals surface area (Å²) < 4.78 is 23.0. The van der Waals surface area contributed by atoms with Gasteiger partial charge >= 0.3 is 0 Å². The quantitative estimate of drug-likeness (QED) is 0.895. The minimum Gasteiger partial charge on any atom is -0.382 e. The van der Waals surface area contributed by atoms with E-state index in [9.17, 15) is 8.42 Å². The van der Waals surface area contributed by atoms with Gasteiger partial charge in [-0.1, -0.05) is 19.9 Å². The topological polar surface area (TPSA) is 72.2 Å². The predicted octanol–water partition coefficient (Wildman–Crippen LogP) is 2.63. The molecule has 3 N–H and O–H groups in total. The monoisotopic (exact) mass is 282 g/mol. The highest BCUT2D eigenvalue weighted by Gasteiger charge is 2.31. The zero-order valence-corrected chi connectivity index (χ0v) is 12.5. The summed E-state index contributed by atoms with van der Waals surface area (Å²) in [6.07, 6.45) is 3.41. The van der Waals surface area contributed by atoms with Crippen molar-refractivity contribution >= 4 is 15.7 Å². The van der Waals surface area contributed by atoms with Gasteiger partial charge in [-0.05, 0) is 49.3 Å². The Morgan fingerprint density at radius 1 is 1.37 bits per heavy atom. The van der Waals surface area contributed by atoms with Crippen LogP contribution in [0, 0.1) is 12.3 Å². The van der Waals surface area contributed by atoms with Crippen molar-refractivity contribution in [1.29, 1.82) is 0 Å². The third-order valence-electron chi connectivity index (χ3n) is 3.92. The standard InChI is InChI=1S/C14H22N2O2S/c1-10-12(5-4-6-13(10)19(15,17)18)16-11-7-8-14(2,3)9-11/h4-6,11,16H,7-9H2,1-3H3,(H2,15,17,18). The van der Waals surface area contributed by atoms with E-state index in [0.717, 1.165) is 18.5 Å². The van der Waals surface area contributed by atoms with Crippen LogP contribution in [0.25, 0.3) is 0 Å². The number of hydrogen-bond donors (Lipinski definition) is 2. The number of nitrogens with one attached hydrogen (secondary N) is 1. The summed E-state index contributed by atoms with van der Waals surface area (Å²) in [5, 5.41) is 8.68. The van der Waals surface area contributed by atoms with Gasteiger partial charge in [0.2, 0.25) is 10.0 Å². The van der Waals surface area contributed by atoms with E-state index in [1.807, 2.05) is 6.07 Å². The molecule has 0 radical (unpaired) electrons. The van der Waals surface area contributed by atoms with Gasteiger partial charge in [-0.15, -0.1) is 0 Å². The lowest BCUT2D eigenvalue weighted by molar-refractivity contribution is 0.378. The number of primary sulfonamides is 1. The van der Waals surface area contributed by atoms with E-state index >= 15 is 0 Å². The maximum Gasteiger partial charge on any atom is 0.238 e. The summed E-state index contributed by atoms with van der Waals surface area (Å²) in [7, 11) is -3.65. The molecular weight excluding hydrogens is 260 g/mol. The third kappa shape index (κ3) is 3.28. The highest BCUT2D eigenvalue weighted by molar-refractivity contribution is 7.89. The maximum atomic E-state index is 11.5. The molecule has 0 spiro atoms. The van der Waals surface area contributed by atoms with Crippen LogP contribution in [0.5, 0.6) is 0 Å². The Morgan fingerprint density at radius 2 is 2.05 bits per heavy atom. The number of nitrogens with two attached hydrogens (primary N) is 1. The molecule has 0 bridgehead atoms. The third-order valence-corrected chi connectivity index (χ3v) is 4.97. The first-order valence-electron chi connectivity index (χ1n) is 6.58. The zero-order chi connectivity index (χ0) is 14.3. The van der Waals surface area contributed by atoms with Crippen molar-refractivity contribution in [2.45, 2.75) is 51.0 Å². The van der Waals surface area contributed by atoms with Gasteiger partial charge < -0.3 is 5.32 Å². The maximum absolute atomic E-state index is 11.5. The molecule has 1 fully saturated rings. The molecule has 0 saturated heterocycles. The van der Waals surface area contributed by atoms with Gasteiger partial charge in [0.15, 0.2) is 0 Å². The van der Waals surface area contributed by atoms with Crippen molar-refractivity contribution in [3.05, 3.63) is 23.8 Å². The largest absolute Gasteiger partial charge is 0.382 e. The number of benzene rings is 1. The van der Waals surface area contributed by atoms with Crippen LogP contribution in [-0.2, 0) is 10.0 Å². The number of sulfonamides is 1. The van der Waals surface area contributed by atoms with Crippen LogP contribution in [0.3, 0.4) is 0 Å². The molecule has 0 aliphatic heterocycles. The van der Waals surface area contributed by atoms with E-state index < -0.39 is 10.0 Å². The first-order chi connectivity index (χ1) is 8.69. The van der Waals surface area contributed by atoms with Crippen molar-refractivity contribution in [1.82, 2.24) is 0 Å². The highest BCUT2D eigenvalue weighted by Crippen LogP contribution is 2.38. The van der Waals surface area contributed by atoms with Crippen molar-refractivity contribution in [2.24, 2.45) is 10.6 Å². The molecule has 1 atom stereocenters. The molecule has 4 nitrogen and oxygen atoms in total. The minimum absolute atomic E-state index is 0.203. The molecule has 0 aromatic heterocycles. The van der Waals surface area contributed by atoms with Gasteiger partial charge in [0.1, 0.15) is 0 Å². The molecule has 0 heterocycles. The predicted molar refractivity (Wildman–Crippen MR) is 77.6 cm³/mol. The molecule has 1 unspecified atom stereocenters. The zero-order valence-electron chi connectivity index (χ0n) is 11.7. The Balaban J connectivity index is 2.23. The van der Waals surface area contributed by atoms with Gasteiger partial charge in [0, 0.05) is 11.7 Å². The van der Waals surface area contributed by atoms with Gasteiger partial charge in [-0.2, -0.15) is 0 Å². The van der Waals surface area contributed by atoms with Crippen LogP contribution in [0.15, 0.2) is 23.1 Å². The Kier molecular flexibility index (Phi) is 3.62. The fraction of sp³-hybridized carbons (Fsp3) is 0.571. The average molecular weight is 282 g/mol. The second kappa shape index (κ2) is 4.80. The summed E-state index contributed by atoms with van der Waals surface area (Å²) in [5.74, 6) is 0. The normalized spacial score (nSPS) is 22.4. The lowest BCUT2D eigenvalue weighted by Crippen LogP contribution is -2.20. The SMILES string of the molecule is Cc1c(NC2CCC(C)(C)C2)cccc1S(N)(=O)=O. The van der Waals surface area contributed by atoms with E-state index in [0.29, 0.717) is 17.0 Å². The second-order valence-electron chi connectivity index (χ2n) is 6.22. The van der Waals surface area contributed by atoms with Crippen LogP contribution in [0.2, 0.25) is 0 Å². The fourth-order valence-corrected chi connectivity index (χ4v) is 3.66. The van der Waals surface area contributed by atoms with E-state index in [4.69, 9.17) is 5.14 Å². The Labute approximate surface area is 115 Å². The first-order valence-corrected chi connectivity index (χ1v) is 8.13. The van der Waals surface area contributed by atoms with Gasteiger partial charge in [0.25, 0.3) is 0 Å². The second-order valence-corrected chi connectivity index (χ2v) is 7.75. The lowest BCUT2D eigenvalue weighted by Gasteiger charge is -2.20. The first kappa shape index (κ1) is 14.3. The Hall–Kier alpha value is -1.07. The summed E-state index contributed by atoms with van der Waals surface area (Å²) in [4.78, 5) is 0.203. The van der Waals surface area contributed by atoms with Crippen LogP contribution >= 0.6 is 0 Å². The Bertz CT molecular complexity index is 579. The fourth-order valence-electron chi connectivity index (χ4n) is 2.86.